The number of ketones is 1. The van der Waals surface area contributed by atoms with Crippen molar-refractivity contribution in [2.75, 3.05) is 0 Å². The second kappa shape index (κ2) is 4.70. The molecule has 1 aromatic rings. The summed E-state index contributed by atoms with van der Waals surface area (Å²) in [6.45, 7) is 0. The predicted molar refractivity (Wildman–Crippen MR) is 71.7 cm³/mol. The van der Waals surface area contributed by atoms with Crippen LogP contribution in [0.25, 0.3) is 0 Å². The second-order valence-electron chi connectivity index (χ2n) is 4.77. The Morgan fingerprint density at radius 1 is 1.16 bits per heavy atom. The van der Waals surface area contributed by atoms with Gasteiger partial charge >= 0.3 is 6.03 Å². The first kappa shape index (κ1) is 12.2. The van der Waals surface area contributed by atoms with Gasteiger partial charge in [-0.05, 0) is 24.1 Å². The van der Waals surface area contributed by atoms with Crippen molar-refractivity contribution in [3.8, 4) is 0 Å². The van der Waals surface area contributed by atoms with E-state index in [1.54, 1.807) is 12.1 Å². The predicted octanol–water partition coefficient (Wildman–Crippen LogP) is 2.56. The Kier molecular flexibility index (Phi) is 3.03. The van der Waals surface area contributed by atoms with Gasteiger partial charge in [0.1, 0.15) is 5.78 Å². The van der Waals surface area contributed by atoms with Crippen LogP contribution in [0.3, 0.4) is 0 Å². The van der Waals surface area contributed by atoms with Crippen molar-refractivity contribution in [2.45, 2.75) is 18.9 Å². The molecular weight excluding hydrogens is 264 g/mol. The number of rotatable bonds is 1. The summed E-state index contributed by atoms with van der Waals surface area (Å²) in [4.78, 5) is 23.8. The Balaban J connectivity index is 2.00. The van der Waals surface area contributed by atoms with Crippen LogP contribution in [-0.2, 0) is 4.79 Å². The smallest absolute Gasteiger partial charge is 0.319 e. The van der Waals surface area contributed by atoms with Gasteiger partial charge in [-0.15, -0.1) is 0 Å². The van der Waals surface area contributed by atoms with Gasteiger partial charge in [0.15, 0.2) is 0 Å². The summed E-state index contributed by atoms with van der Waals surface area (Å²) in [5, 5.41) is 6.18. The number of carbonyl (C=O) groups is 2. The molecule has 0 bridgehead atoms. The van der Waals surface area contributed by atoms with Crippen molar-refractivity contribution in [3.63, 3.8) is 0 Å². The zero-order valence-corrected chi connectivity index (χ0v) is 10.9. The fraction of sp³-hybridized carbons (Fsp3) is 0.286. The van der Waals surface area contributed by atoms with Crippen molar-refractivity contribution < 1.29 is 9.59 Å². The maximum Gasteiger partial charge on any atom is 0.319 e. The molecule has 0 spiro atoms. The minimum Gasteiger partial charge on any atom is -0.330 e. The quantitative estimate of drug-likeness (QED) is 0.828. The highest BCUT2D eigenvalue weighted by atomic mass is 35.5. The van der Waals surface area contributed by atoms with E-state index in [-0.39, 0.29) is 23.8 Å². The van der Waals surface area contributed by atoms with Crippen LogP contribution in [0, 0.1) is 5.92 Å². The van der Waals surface area contributed by atoms with Gasteiger partial charge in [-0.1, -0.05) is 29.8 Å². The molecule has 0 radical (unpaired) electrons. The van der Waals surface area contributed by atoms with Crippen LogP contribution in [0.1, 0.15) is 24.4 Å². The Labute approximate surface area is 115 Å². The lowest BCUT2D eigenvalue weighted by Gasteiger charge is -2.36. The number of hydrogen-bond donors (Lipinski definition) is 2. The van der Waals surface area contributed by atoms with E-state index in [1.165, 1.54) is 0 Å². The molecule has 1 aliphatic carbocycles. The lowest BCUT2D eigenvalue weighted by atomic mass is 9.81. The third kappa shape index (κ3) is 2.24. The number of carbonyl (C=O) groups excluding carboxylic acids is 2. The average molecular weight is 277 g/mol. The normalized spacial score (nSPS) is 26.1. The molecule has 0 aromatic heterocycles. The van der Waals surface area contributed by atoms with Crippen LogP contribution in [0.15, 0.2) is 36.0 Å². The Morgan fingerprint density at radius 3 is 2.63 bits per heavy atom. The molecule has 2 aliphatic rings. The Hall–Kier alpha value is -1.81. The molecule has 0 saturated carbocycles. The van der Waals surface area contributed by atoms with Gasteiger partial charge in [-0.2, -0.15) is 0 Å². The minimum atomic E-state index is -0.315. The molecule has 2 amide bonds. The van der Waals surface area contributed by atoms with Crippen molar-refractivity contribution in [3.05, 3.63) is 46.6 Å². The highest BCUT2D eigenvalue weighted by Crippen LogP contribution is 2.34. The number of allylic oxidation sites excluding steroid dienone is 1. The first-order valence-electron chi connectivity index (χ1n) is 6.21. The van der Waals surface area contributed by atoms with Crippen molar-refractivity contribution in [2.24, 2.45) is 5.92 Å². The fourth-order valence-corrected chi connectivity index (χ4v) is 2.78. The van der Waals surface area contributed by atoms with Crippen molar-refractivity contribution in [1.29, 1.82) is 0 Å². The molecule has 3 rings (SSSR count). The molecule has 1 saturated heterocycles. The van der Waals surface area contributed by atoms with Crippen molar-refractivity contribution in [1.82, 2.24) is 10.6 Å². The lowest BCUT2D eigenvalue weighted by molar-refractivity contribution is -0.123. The van der Waals surface area contributed by atoms with E-state index >= 15 is 0 Å². The van der Waals surface area contributed by atoms with Gasteiger partial charge in [0, 0.05) is 17.1 Å². The van der Waals surface area contributed by atoms with E-state index in [2.05, 4.69) is 10.6 Å². The first-order valence-corrected chi connectivity index (χ1v) is 6.59. The number of fused-ring (bicyclic) bond motifs is 1. The molecule has 1 aromatic carbocycles. The van der Waals surface area contributed by atoms with E-state index < -0.39 is 0 Å². The van der Waals surface area contributed by atoms with Gasteiger partial charge in [-0.3, -0.25) is 4.79 Å². The molecule has 19 heavy (non-hydrogen) atoms. The number of amides is 2. The van der Waals surface area contributed by atoms with Crippen LogP contribution in [0.4, 0.5) is 4.79 Å². The van der Waals surface area contributed by atoms with Crippen LogP contribution < -0.4 is 10.6 Å². The van der Waals surface area contributed by atoms with Crippen LogP contribution >= 0.6 is 11.6 Å². The summed E-state index contributed by atoms with van der Waals surface area (Å²) in [7, 11) is 0. The Bertz CT molecular complexity index is 565. The summed E-state index contributed by atoms with van der Waals surface area (Å²) >= 11 is 5.87. The summed E-state index contributed by atoms with van der Waals surface area (Å²) in [5.74, 6) is -0.155. The molecule has 98 valence electrons. The van der Waals surface area contributed by atoms with E-state index in [0.29, 0.717) is 17.9 Å². The molecular formula is C14H13ClN2O2. The summed E-state index contributed by atoms with van der Waals surface area (Å²) in [5.41, 5.74) is 1.62. The first-order chi connectivity index (χ1) is 9.15. The number of halogens is 1. The summed E-state index contributed by atoms with van der Waals surface area (Å²) in [6.07, 6.45) is 3.15. The fourth-order valence-electron chi connectivity index (χ4n) is 2.66. The molecule has 1 heterocycles. The average Bonchev–Trinajstić information content (AvgIpc) is 2.38. The maximum absolute atomic E-state index is 12.1. The second-order valence-corrected chi connectivity index (χ2v) is 5.21. The third-order valence-electron chi connectivity index (χ3n) is 3.54. The van der Waals surface area contributed by atoms with E-state index in [4.69, 9.17) is 11.6 Å². The number of Topliss-reactive ketones (excluding diaryl/α,β-unsaturated/α-hetero) is 1. The number of nitrogens with one attached hydrogen (secondary N) is 2. The number of hydrogen-bond acceptors (Lipinski definition) is 2. The van der Waals surface area contributed by atoms with E-state index in [0.717, 1.165) is 11.3 Å². The molecule has 1 fully saturated rings. The Morgan fingerprint density at radius 2 is 1.89 bits per heavy atom. The van der Waals surface area contributed by atoms with E-state index in [1.807, 2.05) is 18.2 Å². The van der Waals surface area contributed by atoms with Gasteiger partial charge in [0.2, 0.25) is 0 Å². The highest BCUT2D eigenvalue weighted by Gasteiger charge is 2.39. The van der Waals surface area contributed by atoms with Crippen molar-refractivity contribution >= 4 is 23.4 Å². The number of urea groups is 1. The SMILES string of the molecule is O=C1NC2=CCCC(=O)[C@@H]2[C@@H](c2ccc(Cl)cc2)N1. The molecule has 2 atom stereocenters. The zero-order chi connectivity index (χ0) is 13.4. The van der Waals surface area contributed by atoms with E-state index in [9.17, 15) is 9.59 Å². The van der Waals surface area contributed by atoms with Gasteiger partial charge in [0.05, 0.1) is 12.0 Å². The lowest BCUT2D eigenvalue weighted by Crippen LogP contribution is -2.51. The topological polar surface area (TPSA) is 58.2 Å². The summed E-state index contributed by atoms with van der Waals surface area (Å²) < 4.78 is 0. The standard InChI is InChI=1S/C14H13ClN2O2/c15-9-6-4-8(5-7-9)13-12-10(16-14(19)17-13)2-1-3-11(12)18/h2,4-7,12-13H,1,3H2,(H2,16,17,19)/t12-,13-/m1/s1. The van der Waals surface area contributed by atoms with Crippen LogP contribution in [0.2, 0.25) is 5.02 Å². The maximum atomic E-state index is 12.1. The van der Waals surface area contributed by atoms with Crippen LogP contribution in [0.5, 0.6) is 0 Å². The zero-order valence-electron chi connectivity index (χ0n) is 10.2. The molecule has 0 unspecified atom stereocenters. The summed E-state index contributed by atoms with van der Waals surface area (Å²) in [6, 6.07) is 6.64. The van der Waals surface area contributed by atoms with Gasteiger partial charge < -0.3 is 10.6 Å². The van der Waals surface area contributed by atoms with Gasteiger partial charge in [-0.25, -0.2) is 4.79 Å². The third-order valence-corrected chi connectivity index (χ3v) is 3.80. The monoisotopic (exact) mass is 276 g/mol. The largest absolute Gasteiger partial charge is 0.330 e. The number of benzene rings is 1. The van der Waals surface area contributed by atoms with Crippen LogP contribution in [-0.4, -0.2) is 11.8 Å². The highest BCUT2D eigenvalue weighted by molar-refractivity contribution is 6.30. The molecule has 2 N–H and O–H groups in total. The molecule has 1 aliphatic heterocycles. The molecule has 5 heteroatoms. The van der Waals surface area contributed by atoms with Gasteiger partial charge in [0.25, 0.3) is 0 Å². The molecule has 4 nitrogen and oxygen atoms in total. The minimum absolute atomic E-state index is 0.157.